The maximum Gasteiger partial charge on any atom is 0.189 e. The third-order valence-electron chi connectivity index (χ3n) is 2.74. The van der Waals surface area contributed by atoms with E-state index in [2.05, 4.69) is 15.0 Å². The smallest absolute Gasteiger partial charge is 0.189 e. The highest BCUT2D eigenvalue weighted by Crippen LogP contribution is 2.34. The standard InChI is InChI=1S/C12H13Cl2FN4OS/c1-5(20)4-19(2)11-6-8(16-12(18-11)21-3)7(15)10(14)17-9(6)13/h5,20H,4H2,1-3H3. The van der Waals surface area contributed by atoms with E-state index in [1.54, 1.807) is 25.1 Å². The van der Waals surface area contributed by atoms with E-state index in [0.717, 1.165) is 0 Å². The highest BCUT2D eigenvalue weighted by Gasteiger charge is 2.21. The maximum absolute atomic E-state index is 14.2. The fourth-order valence-electron chi connectivity index (χ4n) is 1.92. The first-order chi connectivity index (χ1) is 9.85. The molecule has 9 heteroatoms. The van der Waals surface area contributed by atoms with E-state index >= 15 is 0 Å². The minimum Gasteiger partial charge on any atom is -0.392 e. The third kappa shape index (κ3) is 3.31. The van der Waals surface area contributed by atoms with Gasteiger partial charge < -0.3 is 10.0 Å². The molecule has 0 aliphatic heterocycles. The summed E-state index contributed by atoms with van der Waals surface area (Å²) in [6, 6.07) is 0. The zero-order valence-electron chi connectivity index (χ0n) is 11.6. The Labute approximate surface area is 135 Å². The van der Waals surface area contributed by atoms with Gasteiger partial charge in [0.25, 0.3) is 0 Å². The quantitative estimate of drug-likeness (QED) is 0.519. The second-order valence-electron chi connectivity index (χ2n) is 4.49. The van der Waals surface area contributed by atoms with Gasteiger partial charge in [-0.2, -0.15) is 0 Å². The third-order valence-corrected chi connectivity index (χ3v) is 3.81. The molecule has 1 unspecified atom stereocenters. The van der Waals surface area contributed by atoms with Gasteiger partial charge in [0.1, 0.15) is 16.5 Å². The van der Waals surface area contributed by atoms with Crippen molar-refractivity contribution < 1.29 is 9.50 Å². The van der Waals surface area contributed by atoms with Crippen LogP contribution in [0.2, 0.25) is 10.3 Å². The lowest BCUT2D eigenvalue weighted by molar-refractivity contribution is 0.201. The van der Waals surface area contributed by atoms with Crippen molar-refractivity contribution in [2.75, 3.05) is 24.7 Å². The van der Waals surface area contributed by atoms with Crippen molar-refractivity contribution in [2.24, 2.45) is 0 Å². The topological polar surface area (TPSA) is 62.1 Å². The van der Waals surface area contributed by atoms with Gasteiger partial charge in [0.15, 0.2) is 16.1 Å². The number of rotatable bonds is 4. The first kappa shape index (κ1) is 16.5. The van der Waals surface area contributed by atoms with Crippen LogP contribution in [-0.4, -0.2) is 46.0 Å². The molecular weight excluding hydrogens is 338 g/mol. The SMILES string of the molecule is CSc1nc(N(C)CC(C)O)c2c(Cl)nc(Cl)c(F)c2n1. The molecule has 0 amide bonds. The second-order valence-corrected chi connectivity index (χ2v) is 5.98. The zero-order valence-corrected chi connectivity index (χ0v) is 13.9. The number of halogens is 3. The summed E-state index contributed by atoms with van der Waals surface area (Å²) in [6.07, 6.45) is 1.20. The lowest BCUT2D eigenvalue weighted by Crippen LogP contribution is -2.28. The van der Waals surface area contributed by atoms with Crippen molar-refractivity contribution >= 4 is 51.7 Å². The first-order valence-corrected chi connectivity index (χ1v) is 7.98. The number of hydrogen-bond donors (Lipinski definition) is 1. The predicted octanol–water partition coefficient (Wildman–Crippen LogP) is 3.01. The van der Waals surface area contributed by atoms with Crippen LogP contribution in [0.25, 0.3) is 10.9 Å². The van der Waals surface area contributed by atoms with E-state index in [1.807, 2.05) is 0 Å². The van der Waals surface area contributed by atoms with Crippen molar-refractivity contribution in [3.63, 3.8) is 0 Å². The minimum atomic E-state index is -0.736. The average molecular weight is 351 g/mol. The number of hydrogen-bond acceptors (Lipinski definition) is 6. The highest BCUT2D eigenvalue weighted by atomic mass is 35.5. The summed E-state index contributed by atoms with van der Waals surface area (Å²) >= 11 is 13.1. The van der Waals surface area contributed by atoms with Crippen LogP contribution in [0.5, 0.6) is 0 Å². The predicted molar refractivity (Wildman–Crippen MR) is 84.0 cm³/mol. The van der Waals surface area contributed by atoms with Crippen LogP contribution in [0, 0.1) is 5.82 Å². The Morgan fingerprint density at radius 3 is 2.52 bits per heavy atom. The van der Waals surface area contributed by atoms with Crippen LogP contribution >= 0.6 is 35.0 Å². The molecule has 0 aliphatic carbocycles. The molecule has 114 valence electrons. The highest BCUT2D eigenvalue weighted by molar-refractivity contribution is 7.98. The summed E-state index contributed by atoms with van der Waals surface area (Å²) in [5, 5.41) is 9.87. The molecule has 2 aromatic heterocycles. The molecule has 2 aromatic rings. The lowest BCUT2D eigenvalue weighted by atomic mass is 10.2. The van der Waals surface area contributed by atoms with Crippen LogP contribution in [-0.2, 0) is 0 Å². The van der Waals surface area contributed by atoms with Crippen molar-refractivity contribution in [1.82, 2.24) is 15.0 Å². The molecule has 0 radical (unpaired) electrons. The Hall–Kier alpha value is -0.890. The van der Waals surface area contributed by atoms with Crippen LogP contribution in [0.4, 0.5) is 10.2 Å². The molecule has 0 spiro atoms. The molecule has 0 saturated heterocycles. The van der Waals surface area contributed by atoms with Gasteiger partial charge in [-0.1, -0.05) is 35.0 Å². The fraction of sp³-hybridized carbons (Fsp3) is 0.417. The molecular formula is C12H13Cl2FN4OS. The Balaban J connectivity index is 2.76. The van der Waals surface area contributed by atoms with Gasteiger partial charge in [0, 0.05) is 13.6 Å². The number of likely N-dealkylation sites (N-methyl/N-ethyl adjacent to an activating group) is 1. The fourth-order valence-corrected chi connectivity index (χ4v) is 2.75. The number of fused-ring (bicyclic) bond motifs is 1. The zero-order chi connectivity index (χ0) is 15.7. The van der Waals surface area contributed by atoms with Gasteiger partial charge in [-0.05, 0) is 13.2 Å². The second kappa shape index (κ2) is 6.48. The van der Waals surface area contributed by atoms with Crippen LogP contribution in [0.15, 0.2) is 5.16 Å². The van der Waals surface area contributed by atoms with Gasteiger partial charge in [0.05, 0.1) is 11.5 Å². The van der Waals surface area contributed by atoms with Crippen LogP contribution in [0.3, 0.4) is 0 Å². The van der Waals surface area contributed by atoms with Crippen molar-refractivity contribution in [2.45, 2.75) is 18.2 Å². The minimum absolute atomic E-state index is 0.0202. The number of aliphatic hydroxyl groups excluding tert-OH is 1. The van der Waals surface area contributed by atoms with Gasteiger partial charge in [-0.3, -0.25) is 0 Å². The average Bonchev–Trinajstić information content (AvgIpc) is 2.42. The largest absolute Gasteiger partial charge is 0.392 e. The number of nitrogens with zero attached hydrogens (tertiary/aromatic N) is 4. The first-order valence-electron chi connectivity index (χ1n) is 6.00. The Morgan fingerprint density at radius 1 is 1.29 bits per heavy atom. The summed E-state index contributed by atoms with van der Waals surface area (Å²) in [5.41, 5.74) is 0.0202. The Bertz CT molecular complexity index is 686. The van der Waals surface area contributed by atoms with Gasteiger partial charge >= 0.3 is 0 Å². The molecule has 21 heavy (non-hydrogen) atoms. The van der Waals surface area contributed by atoms with Crippen LogP contribution in [0.1, 0.15) is 6.92 Å². The molecule has 0 aromatic carbocycles. The number of pyridine rings is 1. The maximum atomic E-state index is 14.2. The van der Waals surface area contributed by atoms with Gasteiger partial charge in [-0.25, -0.2) is 19.3 Å². The van der Waals surface area contributed by atoms with E-state index < -0.39 is 11.9 Å². The molecule has 0 saturated carbocycles. The number of aromatic nitrogens is 3. The molecule has 2 heterocycles. The Kier molecular flexibility index (Phi) is 5.08. The van der Waals surface area contributed by atoms with Gasteiger partial charge in [-0.15, -0.1) is 0 Å². The van der Waals surface area contributed by atoms with E-state index in [9.17, 15) is 9.50 Å². The molecule has 0 aliphatic rings. The summed E-state index contributed by atoms with van der Waals surface area (Å²) in [4.78, 5) is 13.9. The summed E-state index contributed by atoms with van der Waals surface area (Å²) in [6.45, 7) is 1.95. The molecule has 1 atom stereocenters. The van der Waals surface area contributed by atoms with Crippen molar-refractivity contribution in [3.8, 4) is 0 Å². The normalized spacial score (nSPS) is 12.7. The number of aliphatic hydroxyl groups is 1. The van der Waals surface area contributed by atoms with Gasteiger partial charge in [0.2, 0.25) is 0 Å². The Morgan fingerprint density at radius 2 is 1.95 bits per heavy atom. The molecule has 2 rings (SSSR count). The van der Waals surface area contributed by atoms with Crippen molar-refractivity contribution in [1.29, 1.82) is 0 Å². The summed E-state index contributed by atoms with van der Waals surface area (Å²) < 4.78 is 14.2. The summed E-state index contributed by atoms with van der Waals surface area (Å²) in [5.74, 6) is -0.334. The molecule has 5 nitrogen and oxygen atoms in total. The van der Waals surface area contributed by atoms with Crippen molar-refractivity contribution in [3.05, 3.63) is 16.1 Å². The molecule has 0 bridgehead atoms. The number of anilines is 1. The van der Waals surface area contributed by atoms with E-state index in [0.29, 0.717) is 17.5 Å². The van der Waals surface area contributed by atoms with Crippen LogP contribution < -0.4 is 4.90 Å². The van der Waals surface area contributed by atoms with E-state index in [1.165, 1.54) is 11.8 Å². The monoisotopic (exact) mass is 350 g/mol. The molecule has 1 N–H and O–H groups in total. The molecule has 0 fully saturated rings. The summed E-state index contributed by atoms with van der Waals surface area (Å²) in [7, 11) is 1.72. The lowest BCUT2D eigenvalue weighted by Gasteiger charge is -2.22. The van der Waals surface area contributed by atoms with E-state index in [-0.39, 0.29) is 21.2 Å². The van der Waals surface area contributed by atoms with E-state index in [4.69, 9.17) is 23.2 Å². The number of thioether (sulfide) groups is 1.